The fraction of sp³-hybridized carbons (Fsp3) is 0.731. The quantitative estimate of drug-likeness (QED) is 0.245. The number of aryl methyl sites for hydroxylation is 2. The number of benzene rings is 1. The fourth-order valence-corrected chi connectivity index (χ4v) is 3.74. The van der Waals surface area contributed by atoms with Crippen LogP contribution in [-0.2, 0) is 22.4 Å². The van der Waals surface area contributed by atoms with Gasteiger partial charge in [-0.1, -0.05) is 65.0 Å². The predicted molar refractivity (Wildman–Crippen MR) is 122 cm³/mol. The molecule has 0 aliphatic carbocycles. The van der Waals surface area contributed by atoms with Gasteiger partial charge in [0.15, 0.2) is 0 Å². The maximum atomic E-state index is 10.5. The van der Waals surface area contributed by atoms with E-state index in [-0.39, 0.29) is 5.60 Å². The number of ether oxygens (including phenoxy) is 1. The van der Waals surface area contributed by atoms with Gasteiger partial charge < -0.3 is 9.84 Å². The average molecular weight is 405 g/mol. The topological polar surface area (TPSA) is 46.5 Å². The molecule has 0 aromatic heterocycles. The molecule has 0 heterocycles. The molecular weight excluding hydrogens is 360 g/mol. The van der Waals surface area contributed by atoms with Crippen LogP contribution in [0.15, 0.2) is 18.2 Å². The summed E-state index contributed by atoms with van der Waals surface area (Å²) in [6.45, 7) is 11.4. The summed E-state index contributed by atoms with van der Waals surface area (Å²) >= 11 is 0. The molecule has 1 aromatic rings. The zero-order valence-electron chi connectivity index (χ0n) is 19.6. The van der Waals surface area contributed by atoms with Crippen LogP contribution in [0.4, 0.5) is 0 Å². The zero-order valence-corrected chi connectivity index (χ0v) is 19.6. The maximum absolute atomic E-state index is 10.5. The van der Waals surface area contributed by atoms with E-state index in [4.69, 9.17) is 4.74 Å². The van der Waals surface area contributed by atoms with Crippen molar-refractivity contribution in [3.05, 3.63) is 29.3 Å². The lowest BCUT2D eigenvalue weighted by atomic mass is 9.89. The van der Waals surface area contributed by atoms with Crippen molar-refractivity contribution in [2.75, 3.05) is 0 Å². The van der Waals surface area contributed by atoms with Gasteiger partial charge in [-0.15, -0.1) is 0 Å². The van der Waals surface area contributed by atoms with Crippen LogP contribution in [0.25, 0.3) is 0 Å². The Morgan fingerprint density at radius 3 is 2.03 bits per heavy atom. The summed E-state index contributed by atoms with van der Waals surface area (Å²) in [4.78, 5) is 10.5. The molecule has 0 fully saturated rings. The van der Waals surface area contributed by atoms with Crippen LogP contribution in [0.2, 0.25) is 0 Å². The van der Waals surface area contributed by atoms with E-state index in [2.05, 4.69) is 32.9 Å². The minimum Gasteiger partial charge on any atom is -0.508 e. The van der Waals surface area contributed by atoms with Gasteiger partial charge in [-0.3, -0.25) is 4.79 Å². The zero-order chi connectivity index (χ0) is 21.8. The van der Waals surface area contributed by atoms with Crippen LogP contribution in [0.3, 0.4) is 0 Å². The Morgan fingerprint density at radius 1 is 0.828 bits per heavy atom. The van der Waals surface area contributed by atoms with Crippen LogP contribution < -0.4 is 0 Å². The fourth-order valence-electron chi connectivity index (χ4n) is 3.74. The molecule has 0 radical (unpaired) electrons. The van der Waals surface area contributed by atoms with E-state index in [9.17, 15) is 9.90 Å². The van der Waals surface area contributed by atoms with Crippen molar-refractivity contribution in [3.63, 3.8) is 0 Å². The van der Waals surface area contributed by atoms with E-state index in [1.54, 1.807) is 0 Å². The third kappa shape index (κ3) is 12.6. The smallest absolute Gasteiger partial charge is 0.293 e. The number of hydrogen-bond acceptors (Lipinski definition) is 3. The van der Waals surface area contributed by atoms with Gasteiger partial charge in [0, 0.05) is 0 Å². The van der Waals surface area contributed by atoms with E-state index in [1.165, 1.54) is 37.7 Å². The van der Waals surface area contributed by atoms with Crippen molar-refractivity contribution in [1.29, 1.82) is 0 Å². The monoisotopic (exact) mass is 404 g/mol. The van der Waals surface area contributed by atoms with Crippen LogP contribution in [-0.4, -0.2) is 17.2 Å². The highest BCUT2D eigenvalue weighted by molar-refractivity contribution is 5.38. The highest BCUT2D eigenvalue weighted by Crippen LogP contribution is 2.25. The Hall–Kier alpha value is -1.51. The first-order valence-corrected chi connectivity index (χ1v) is 11.6. The first-order chi connectivity index (χ1) is 13.6. The lowest BCUT2D eigenvalue weighted by molar-refractivity contribution is -0.140. The second-order valence-corrected chi connectivity index (χ2v) is 10.3. The number of hydrogen-bond donors (Lipinski definition) is 1. The standard InChI is InChI=1S/C26H44O3/c1-25(2,3)18-12-8-6-10-14-22-16-17-24(28)23(20-22)15-11-7-9-13-19-26(4,5)29-21-27/h16-17,20-21,28H,6-15,18-19H2,1-5H3. The van der Waals surface area contributed by atoms with Crippen LogP contribution in [0.5, 0.6) is 5.75 Å². The summed E-state index contributed by atoms with van der Waals surface area (Å²) in [6.07, 6.45) is 13.8. The Bertz CT molecular complexity index is 584. The largest absolute Gasteiger partial charge is 0.508 e. The van der Waals surface area contributed by atoms with E-state index in [0.29, 0.717) is 17.6 Å². The van der Waals surface area contributed by atoms with Crippen molar-refractivity contribution in [3.8, 4) is 5.75 Å². The number of rotatable bonds is 15. The van der Waals surface area contributed by atoms with Crippen molar-refractivity contribution in [2.45, 2.75) is 117 Å². The molecule has 3 nitrogen and oxygen atoms in total. The van der Waals surface area contributed by atoms with Crippen LogP contribution in [0, 0.1) is 5.41 Å². The molecule has 0 amide bonds. The first-order valence-electron chi connectivity index (χ1n) is 11.6. The Kier molecular flexibility index (Phi) is 11.4. The summed E-state index contributed by atoms with van der Waals surface area (Å²) in [6, 6.07) is 6.14. The number of carbonyl (C=O) groups excluding carboxylic acids is 1. The Balaban J connectivity index is 2.25. The van der Waals surface area contributed by atoms with Gasteiger partial charge in [-0.2, -0.15) is 0 Å². The number of aromatic hydroxyl groups is 1. The number of unbranched alkanes of at least 4 members (excludes halogenated alkanes) is 6. The highest BCUT2D eigenvalue weighted by Gasteiger charge is 2.17. The lowest BCUT2D eigenvalue weighted by Gasteiger charge is -2.22. The van der Waals surface area contributed by atoms with Gasteiger partial charge in [0.05, 0.1) is 0 Å². The predicted octanol–water partition coefficient (Wildman–Crippen LogP) is 7.38. The van der Waals surface area contributed by atoms with E-state index >= 15 is 0 Å². The van der Waals surface area contributed by atoms with Crippen molar-refractivity contribution < 1.29 is 14.6 Å². The highest BCUT2D eigenvalue weighted by atomic mass is 16.5. The molecule has 3 heteroatoms. The molecule has 0 saturated carbocycles. The molecule has 0 saturated heterocycles. The molecule has 0 bridgehead atoms. The maximum Gasteiger partial charge on any atom is 0.293 e. The second kappa shape index (κ2) is 12.9. The van der Waals surface area contributed by atoms with Gasteiger partial charge in [0.2, 0.25) is 0 Å². The number of phenolic OH excluding ortho intramolecular Hbond substituents is 1. The molecule has 0 aliphatic heterocycles. The molecule has 0 atom stereocenters. The van der Waals surface area contributed by atoms with Crippen molar-refractivity contribution >= 4 is 6.47 Å². The Morgan fingerprint density at radius 2 is 1.41 bits per heavy atom. The van der Waals surface area contributed by atoms with Crippen LogP contribution in [0.1, 0.15) is 110 Å². The number of carbonyl (C=O) groups is 1. The van der Waals surface area contributed by atoms with Gasteiger partial charge in [-0.25, -0.2) is 0 Å². The van der Waals surface area contributed by atoms with Gasteiger partial charge in [0.1, 0.15) is 11.4 Å². The van der Waals surface area contributed by atoms with Gasteiger partial charge in [0.25, 0.3) is 6.47 Å². The molecule has 0 spiro atoms. The summed E-state index contributed by atoms with van der Waals surface area (Å²) in [5, 5.41) is 10.2. The third-order valence-electron chi connectivity index (χ3n) is 5.63. The molecular formula is C26H44O3. The van der Waals surface area contributed by atoms with Gasteiger partial charge in [-0.05, 0) is 81.4 Å². The average Bonchev–Trinajstić information content (AvgIpc) is 2.62. The molecule has 166 valence electrons. The molecule has 0 unspecified atom stereocenters. The summed E-state index contributed by atoms with van der Waals surface area (Å²) in [5.74, 6) is 0.430. The second-order valence-electron chi connectivity index (χ2n) is 10.3. The van der Waals surface area contributed by atoms with E-state index < -0.39 is 0 Å². The third-order valence-corrected chi connectivity index (χ3v) is 5.63. The van der Waals surface area contributed by atoms with E-state index in [0.717, 1.165) is 50.5 Å². The van der Waals surface area contributed by atoms with Gasteiger partial charge >= 0.3 is 0 Å². The summed E-state index contributed by atoms with van der Waals surface area (Å²) < 4.78 is 5.09. The normalized spacial score (nSPS) is 12.2. The lowest BCUT2D eigenvalue weighted by Crippen LogP contribution is -2.23. The number of phenols is 1. The summed E-state index contributed by atoms with van der Waals surface area (Å²) in [7, 11) is 0. The minimum absolute atomic E-state index is 0.360. The molecule has 1 N–H and O–H groups in total. The van der Waals surface area contributed by atoms with E-state index in [1.807, 2.05) is 19.9 Å². The SMILES string of the molecule is CC(C)(C)CCCCCCc1ccc(O)c(CCCCCCC(C)(C)OC=O)c1. The van der Waals surface area contributed by atoms with Crippen molar-refractivity contribution in [1.82, 2.24) is 0 Å². The van der Waals surface area contributed by atoms with Crippen molar-refractivity contribution in [2.24, 2.45) is 5.41 Å². The molecule has 1 aromatic carbocycles. The first kappa shape index (κ1) is 25.5. The van der Waals surface area contributed by atoms with Crippen LogP contribution >= 0.6 is 0 Å². The molecule has 0 aliphatic rings. The molecule has 1 rings (SSSR count). The Labute approximate surface area is 179 Å². The summed E-state index contributed by atoms with van der Waals surface area (Å²) in [5.41, 5.74) is 2.52. The minimum atomic E-state index is -0.360. The molecule has 29 heavy (non-hydrogen) atoms.